The molecule has 1 amide bonds. The molecule has 2 aromatic heterocycles. The highest BCUT2D eigenvalue weighted by Gasteiger charge is 2.25. The minimum absolute atomic E-state index is 0.416. The molecule has 0 saturated heterocycles. The monoisotopic (exact) mass is 447 g/mol. The van der Waals surface area contributed by atoms with Gasteiger partial charge in [0.2, 0.25) is 0 Å². The number of esters is 1. The van der Waals surface area contributed by atoms with E-state index in [0.717, 1.165) is 41.6 Å². The lowest BCUT2D eigenvalue weighted by molar-refractivity contribution is -0.119. The number of carbonyl (C=O) groups excluding carboxylic acids is 2. The molecule has 1 N–H and O–H groups in total. The van der Waals surface area contributed by atoms with Crippen LogP contribution in [-0.2, 0) is 28.8 Å². The van der Waals surface area contributed by atoms with Crippen molar-refractivity contribution in [3.05, 3.63) is 57.1 Å². The van der Waals surface area contributed by atoms with Crippen LogP contribution in [0, 0.1) is 24.2 Å². The van der Waals surface area contributed by atoms with Crippen LogP contribution >= 0.6 is 11.3 Å². The Labute approximate surface area is 191 Å². The van der Waals surface area contributed by atoms with Gasteiger partial charge in [-0.3, -0.25) is 9.78 Å². The van der Waals surface area contributed by atoms with E-state index >= 15 is 0 Å². The summed E-state index contributed by atoms with van der Waals surface area (Å²) in [6, 6.07) is 9.66. The number of thiophene rings is 1. The number of nitrogens with one attached hydrogen (secondary N) is 1. The molecular weight excluding hydrogens is 422 g/mol. The Morgan fingerprint density at radius 2 is 2.12 bits per heavy atom. The fraction of sp³-hybridized carbons (Fsp3) is 0.360. The number of rotatable bonds is 5. The van der Waals surface area contributed by atoms with Crippen molar-refractivity contribution in [1.82, 2.24) is 4.98 Å². The van der Waals surface area contributed by atoms with Gasteiger partial charge in [0.1, 0.15) is 11.1 Å². The standard InChI is InChI=1S/C25H25N3O3S/c1-4-19-15(3)23(17-7-5-6-8-20(17)27-19)25(30)31-13-22(29)28-24-18(12-26)16-10-9-14(2)11-21(16)32-24/h5-8,14H,4,9-11,13H2,1-3H3,(H,28,29). The first-order chi connectivity index (χ1) is 15.4. The Bertz CT molecular complexity index is 1260. The van der Waals surface area contributed by atoms with Crippen LogP contribution in [0.4, 0.5) is 5.00 Å². The van der Waals surface area contributed by atoms with Crippen molar-refractivity contribution in [2.75, 3.05) is 11.9 Å². The fourth-order valence-corrected chi connectivity index (χ4v) is 5.67. The summed E-state index contributed by atoms with van der Waals surface area (Å²) in [5, 5.41) is 13.6. The van der Waals surface area contributed by atoms with Gasteiger partial charge in [0, 0.05) is 16.0 Å². The zero-order valence-electron chi connectivity index (χ0n) is 18.4. The maximum atomic E-state index is 12.9. The lowest BCUT2D eigenvalue weighted by Gasteiger charge is -2.17. The number of nitrogens with zero attached hydrogens (tertiary/aromatic N) is 2. The van der Waals surface area contributed by atoms with Crippen molar-refractivity contribution in [1.29, 1.82) is 5.26 Å². The average Bonchev–Trinajstić information content (AvgIpc) is 3.12. The Hall–Kier alpha value is -3.24. The summed E-state index contributed by atoms with van der Waals surface area (Å²) >= 11 is 1.46. The maximum absolute atomic E-state index is 12.9. The fourth-order valence-electron chi connectivity index (χ4n) is 4.29. The number of aryl methyl sites for hydroxylation is 1. The van der Waals surface area contributed by atoms with Gasteiger partial charge in [0.15, 0.2) is 6.61 Å². The second-order valence-corrected chi connectivity index (χ2v) is 9.33. The van der Waals surface area contributed by atoms with Gasteiger partial charge in [0.05, 0.1) is 16.6 Å². The van der Waals surface area contributed by atoms with E-state index in [9.17, 15) is 14.9 Å². The average molecular weight is 448 g/mol. The van der Waals surface area contributed by atoms with E-state index in [1.807, 2.05) is 38.1 Å². The SMILES string of the molecule is CCc1nc2ccccc2c(C(=O)OCC(=O)Nc2sc3c(c2C#N)CCC(C)C3)c1C. The van der Waals surface area contributed by atoms with Crippen molar-refractivity contribution in [3.8, 4) is 6.07 Å². The summed E-state index contributed by atoms with van der Waals surface area (Å²) in [6.45, 7) is 5.62. The molecular formula is C25H25N3O3S. The van der Waals surface area contributed by atoms with E-state index in [4.69, 9.17) is 4.74 Å². The van der Waals surface area contributed by atoms with Gasteiger partial charge in [-0.05, 0) is 55.7 Å². The number of benzene rings is 1. The molecule has 1 aliphatic rings. The van der Waals surface area contributed by atoms with E-state index < -0.39 is 18.5 Å². The minimum atomic E-state index is -0.550. The molecule has 0 spiro atoms. The van der Waals surface area contributed by atoms with Crippen LogP contribution in [0.5, 0.6) is 0 Å². The summed E-state index contributed by atoms with van der Waals surface area (Å²) in [7, 11) is 0. The van der Waals surface area contributed by atoms with E-state index in [-0.39, 0.29) is 0 Å². The van der Waals surface area contributed by atoms with Crippen LogP contribution in [0.1, 0.15) is 57.9 Å². The van der Waals surface area contributed by atoms with Crippen LogP contribution in [-0.4, -0.2) is 23.5 Å². The molecule has 3 aromatic rings. The highest BCUT2D eigenvalue weighted by atomic mass is 32.1. The first-order valence-electron chi connectivity index (χ1n) is 10.8. The van der Waals surface area contributed by atoms with Gasteiger partial charge >= 0.3 is 5.97 Å². The molecule has 0 saturated carbocycles. The van der Waals surface area contributed by atoms with E-state index in [2.05, 4.69) is 23.3 Å². The predicted molar refractivity (Wildman–Crippen MR) is 125 cm³/mol. The topological polar surface area (TPSA) is 92.1 Å². The van der Waals surface area contributed by atoms with Crippen LogP contribution < -0.4 is 5.32 Å². The number of hydrogen-bond acceptors (Lipinski definition) is 6. The number of carbonyl (C=O) groups is 2. The van der Waals surface area contributed by atoms with Gasteiger partial charge in [-0.1, -0.05) is 32.0 Å². The van der Waals surface area contributed by atoms with Gasteiger partial charge in [0.25, 0.3) is 5.91 Å². The van der Waals surface area contributed by atoms with Gasteiger partial charge in [-0.15, -0.1) is 11.3 Å². The molecule has 1 atom stereocenters. The van der Waals surface area contributed by atoms with Crippen LogP contribution in [0.15, 0.2) is 24.3 Å². The van der Waals surface area contributed by atoms with E-state index in [0.29, 0.717) is 33.9 Å². The molecule has 164 valence electrons. The number of amides is 1. The van der Waals surface area contributed by atoms with Gasteiger partial charge in [-0.2, -0.15) is 5.26 Å². The first-order valence-corrected chi connectivity index (χ1v) is 11.6. The highest BCUT2D eigenvalue weighted by Crippen LogP contribution is 2.39. The highest BCUT2D eigenvalue weighted by molar-refractivity contribution is 7.16. The molecule has 6 nitrogen and oxygen atoms in total. The zero-order valence-corrected chi connectivity index (χ0v) is 19.3. The quantitative estimate of drug-likeness (QED) is 0.558. The summed E-state index contributed by atoms with van der Waals surface area (Å²) in [5.74, 6) is -0.428. The lowest BCUT2D eigenvalue weighted by atomic mass is 9.89. The van der Waals surface area contributed by atoms with Crippen LogP contribution in [0.2, 0.25) is 0 Å². The van der Waals surface area contributed by atoms with Crippen molar-refractivity contribution in [2.24, 2.45) is 5.92 Å². The number of para-hydroxylation sites is 1. The second kappa shape index (κ2) is 9.09. The predicted octanol–water partition coefficient (Wildman–Crippen LogP) is 4.96. The molecule has 1 aromatic carbocycles. The number of fused-ring (bicyclic) bond motifs is 2. The molecule has 1 aliphatic carbocycles. The third kappa shape index (κ3) is 4.11. The molecule has 7 heteroatoms. The maximum Gasteiger partial charge on any atom is 0.339 e. The first kappa shape index (κ1) is 22.0. The van der Waals surface area contributed by atoms with Crippen molar-refractivity contribution in [2.45, 2.75) is 46.5 Å². The smallest absolute Gasteiger partial charge is 0.339 e. The summed E-state index contributed by atoms with van der Waals surface area (Å²) in [5.41, 5.74) is 4.36. The van der Waals surface area contributed by atoms with E-state index in [1.54, 1.807) is 0 Å². The van der Waals surface area contributed by atoms with Gasteiger partial charge < -0.3 is 10.1 Å². The third-order valence-corrected chi connectivity index (χ3v) is 7.16. The number of hydrogen-bond donors (Lipinski definition) is 1. The van der Waals surface area contributed by atoms with Gasteiger partial charge in [-0.25, -0.2) is 4.79 Å². The Morgan fingerprint density at radius 1 is 1.34 bits per heavy atom. The summed E-state index contributed by atoms with van der Waals surface area (Å²) < 4.78 is 5.39. The molecule has 4 rings (SSSR count). The number of nitriles is 1. The molecule has 0 bridgehead atoms. The number of pyridine rings is 1. The molecule has 0 fully saturated rings. The van der Waals surface area contributed by atoms with Crippen molar-refractivity contribution < 1.29 is 14.3 Å². The van der Waals surface area contributed by atoms with Crippen molar-refractivity contribution >= 4 is 39.1 Å². The minimum Gasteiger partial charge on any atom is -0.452 e. The molecule has 1 unspecified atom stereocenters. The second-order valence-electron chi connectivity index (χ2n) is 8.22. The van der Waals surface area contributed by atoms with Crippen LogP contribution in [0.25, 0.3) is 10.9 Å². The molecule has 0 radical (unpaired) electrons. The normalized spacial score (nSPS) is 15.1. The Kier molecular flexibility index (Phi) is 6.24. The largest absolute Gasteiger partial charge is 0.452 e. The molecule has 2 heterocycles. The zero-order chi connectivity index (χ0) is 22.8. The lowest BCUT2D eigenvalue weighted by Crippen LogP contribution is -2.21. The van der Waals surface area contributed by atoms with Crippen molar-refractivity contribution in [3.63, 3.8) is 0 Å². The third-order valence-electron chi connectivity index (χ3n) is 5.99. The summed E-state index contributed by atoms with van der Waals surface area (Å²) in [6.07, 6.45) is 3.51. The Balaban J connectivity index is 1.51. The molecule has 0 aliphatic heterocycles. The van der Waals surface area contributed by atoms with E-state index in [1.165, 1.54) is 16.2 Å². The summed E-state index contributed by atoms with van der Waals surface area (Å²) in [4.78, 5) is 31.3. The number of anilines is 1. The molecule has 32 heavy (non-hydrogen) atoms. The van der Waals surface area contributed by atoms with Crippen LogP contribution in [0.3, 0.4) is 0 Å². The number of aromatic nitrogens is 1. The number of ether oxygens (including phenoxy) is 1. The Morgan fingerprint density at radius 3 is 2.88 bits per heavy atom.